The zero-order valence-corrected chi connectivity index (χ0v) is 13.8. The van der Waals surface area contributed by atoms with E-state index in [0.29, 0.717) is 24.2 Å². The van der Waals surface area contributed by atoms with Crippen molar-refractivity contribution in [2.24, 2.45) is 0 Å². The van der Waals surface area contributed by atoms with Gasteiger partial charge in [0, 0.05) is 32.7 Å². The second-order valence-corrected chi connectivity index (χ2v) is 7.04. The number of hydrogen-bond acceptors (Lipinski definition) is 4. The molecular weight excluding hydrogens is 290 g/mol. The van der Waals surface area contributed by atoms with Crippen LogP contribution in [0.1, 0.15) is 18.9 Å². The smallest absolute Gasteiger partial charge is 0.242 e. The Morgan fingerprint density at radius 2 is 1.95 bits per heavy atom. The van der Waals surface area contributed by atoms with Gasteiger partial charge in [-0.3, -0.25) is 4.79 Å². The molecule has 1 aromatic carbocycles. The second kappa shape index (κ2) is 7.53. The molecule has 0 aliphatic heterocycles. The van der Waals surface area contributed by atoms with Gasteiger partial charge in [-0.25, -0.2) is 12.7 Å². The molecule has 0 radical (unpaired) electrons. The summed E-state index contributed by atoms with van der Waals surface area (Å²) < 4.78 is 25.6. The maximum atomic E-state index is 12.2. The first-order valence-electron chi connectivity index (χ1n) is 6.82. The minimum atomic E-state index is -3.52. The molecule has 7 heteroatoms. The van der Waals surface area contributed by atoms with E-state index in [2.05, 4.69) is 10.6 Å². The van der Waals surface area contributed by atoms with Gasteiger partial charge in [0.05, 0.1) is 4.90 Å². The third-order valence-electron chi connectivity index (χ3n) is 3.01. The molecule has 0 aliphatic rings. The van der Waals surface area contributed by atoms with Crippen LogP contribution in [0.3, 0.4) is 0 Å². The van der Waals surface area contributed by atoms with E-state index in [9.17, 15) is 13.2 Å². The Kier molecular flexibility index (Phi) is 6.32. The van der Waals surface area contributed by atoms with Crippen molar-refractivity contribution in [3.8, 4) is 0 Å². The van der Waals surface area contributed by atoms with Gasteiger partial charge in [0.1, 0.15) is 0 Å². The van der Waals surface area contributed by atoms with E-state index in [0.717, 1.165) is 10.8 Å². The van der Waals surface area contributed by atoms with E-state index < -0.39 is 10.0 Å². The van der Waals surface area contributed by atoms with Crippen LogP contribution in [0, 0.1) is 6.92 Å². The van der Waals surface area contributed by atoms with Gasteiger partial charge >= 0.3 is 0 Å². The summed E-state index contributed by atoms with van der Waals surface area (Å²) in [4.78, 5) is 12.0. The number of aryl methyl sites for hydroxylation is 1. The van der Waals surface area contributed by atoms with Crippen molar-refractivity contribution in [2.75, 3.05) is 32.5 Å². The maximum absolute atomic E-state index is 12.2. The van der Waals surface area contributed by atoms with Crippen molar-refractivity contribution < 1.29 is 13.2 Å². The van der Waals surface area contributed by atoms with Crippen LogP contribution in [0.4, 0.5) is 5.69 Å². The first-order valence-corrected chi connectivity index (χ1v) is 8.26. The molecular formula is C14H23N3O3S. The molecule has 0 heterocycles. The number of nitrogens with zero attached hydrogens (tertiary/aromatic N) is 1. The number of sulfonamides is 1. The summed E-state index contributed by atoms with van der Waals surface area (Å²) in [5.41, 5.74) is 1.14. The summed E-state index contributed by atoms with van der Waals surface area (Å²) in [5, 5.41) is 5.78. The van der Waals surface area contributed by atoms with Gasteiger partial charge in [0.2, 0.25) is 15.9 Å². The molecule has 21 heavy (non-hydrogen) atoms. The molecule has 0 aromatic heterocycles. The van der Waals surface area contributed by atoms with Crippen LogP contribution in [0.2, 0.25) is 0 Å². The molecule has 0 atom stereocenters. The first kappa shape index (κ1) is 17.6. The monoisotopic (exact) mass is 313 g/mol. The molecule has 0 saturated carbocycles. The number of nitrogens with one attached hydrogen (secondary N) is 2. The third-order valence-corrected chi connectivity index (χ3v) is 4.97. The van der Waals surface area contributed by atoms with E-state index in [1.807, 2.05) is 6.92 Å². The van der Waals surface area contributed by atoms with Crippen LogP contribution < -0.4 is 10.6 Å². The number of benzene rings is 1. The predicted molar refractivity (Wildman–Crippen MR) is 83.8 cm³/mol. The van der Waals surface area contributed by atoms with Crippen LogP contribution in [-0.2, 0) is 14.8 Å². The van der Waals surface area contributed by atoms with Crippen LogP contribution in [-0.4, -0.2) is 45.8 Å². The zero-order valence-electron chi connectivity index (χ0n) is 12.9. The van der Waals surface area contributed by atoms with Crippen LogP contribution in [0.15, 0.2) is 23.1 Å². The Bertz CT molecular complexity index is 597. The van der Waals surface area contributed by atoms with Crippen molar-refractivity contribution in [2.45, 2.75) is 25.2 Å². The van der Waals surface area contributed by atoms with Crippen molar-refractivity contribution >= 4 is 21.6 Å². The number of carbonyl (C=O) groups is 1. The van der Waals surface area contributed by atoms with Crippen LogP contribution in [0.25, 0.3) is 0 Å². The van der Waals surface area contributed by atoms with Crippen molar-refractivity contribution in [1.29, 1.82) is 0 Å². The Hall–Kier alpha value is -1.44. The summed E-state index contributed by atoms with van der Waals surface area (Å²) >= 11 is 0. The topological polar surface area (TPSA) is 78.5 Å². The quantitative estimate of drug-likeness (QED) is 0.741. The number of hydrogen-bond donors (Lipinski definition) is 2. The Labute approximate surface area is 126 Å². The molecule has 0 aliphatic carbocycles. The van der Waals surface area contributed by atoms with E-state index >= 15 is 0 Å². The van der Waals surface area contributed by atoms with Crippen molar-refractivity contribution in [1.82, 2.24) is 9.62 Å². The first-order chi connectivity index (χ1) is 9.78. The molecule has 0 fully saturated rings. The number of carbonyl (C=O) groups excluding carboxylic acids is 1. The van der Waals surface area contributed by atoms with Crippen molar-refractivity contribution in [3.05, 3.63) is 23.8 Å². The summed E-state index contributed by atoms with van der Waals surface area (Å²) in [6, 6.07) is 4.89. The zero-order chi connectivity index (χ0) is 16.0. The second-order valence-electron chi connectivity index (χ2n) is 4.92. The summed E-state index contributed by atoms with van der Waals surface area (Å²) in [5.74, 6) is -0.145. The van der Waals surface area contributed by atoms with Gasteiger partial charge in [0.15, 0.2) is 0 Å². The molecule has 1 aromatic rings. The van der Waals surface area contributed by atoms with E-state index in [-0.39, 0.29) is 10.8 Å². The Morgan fingerprint density at radius 3 is 2.52 bits per heavy atom. The lowest BCUT2D eigenvalue weighted by atomic mass is 10.2. The molecule has 0 bridgehead atoms. The van der Waals surface area contributed by atoms with Gasteiger partial charge in [-0.1, -0.05) is 13.0 Å². The SMILES string of the molecule is CCNCCC(=O)Nc1ccc(C)c(S(=O)(=O)N(C)C)c1. The highest BCUT2D eigenvalue weighted by molar-refractivity contribution is 7.89. The van der Waals surface area contributed by atoms with Crippen LogP contribution in [0.5, 0.6) is 0 Å². The lowest BCUT2D eigenvalue weighted by Gasteiger charge is -2.15. The fourth-order valence-electron chi connectivity index (χ4n) is 1.75. The third kappa shape index (κ3) is 4.80. The average Bonchev–Trinajstić information content (AvgIpc) is 2.41. The maximum Gasteiger partial charge on any atom is 0.242 e. The molecule has 1 rings (SSSR count). The minimum absolute atomic E-state index is 0.145. The minimum Gasteiger partial charge on any atom is -0.326 e. The van der Waals surface area contributed by atoms with Gasteiger partial charge in [-0.2, -0.15) is 0 Å². The Balaban J connectivity index is 2.90. The summed E-state index contributed by atoms with van der Waals surface area (Å²) in [6.07, 6.45) is 0.345. The highest BCUT2D eigenvalue weighted by Gasteiger charge is 2.20. The fraction of sp³-hybridized carbons (Fsp3) is 0.500. The molecule has 118 valence electrons. The normalized spacial score (nSPS) is 11.7. The van der Waals surface area contributed by atoms with E-state index in [1.165, 1.54) is 20.2 Å². The average molecular weight is 313 g/mol. The molecule has 0 spiro atoms. The number of amides is 1. The summed E-state index contributed by atoms with van der Waals surface area (Å²) in [6.45, 7) is 5.10. The van der Waals surface area contributed by atoms with Gasteiger partial charge < -0.3 is 10.6 Å². The number of rotatable bonds is 7. The fourth-order valence-corrected chi connectivity index (χ4v) is 2.90. The van der Waals surface area contributed by atoms with Crippen molar-refractivity contribution in [3.63, 3.8) is 0 Å². The molecule has 2 N–H and O–H groups in total. The van der Waals surface area contributed by atoms with Gasteiger partial charge in [0.25, 0.3) is 0 Å². The van der Waals surface area contributed by atoms with Crippen LogP contribution >= 0.6 is 0 Å². The predicted octanol–water partition coefficient (Wildman–Crippen LogP) is 1.18. The standard InChI is InChI=1S/C14H23N3O3S/c1-5-15-9-8-14(18)16-12-7-6-11(2)13(10-12)21(19,20)17(3)4/h6-7,10,15H,5,8-9H2,1-4H3,(H,16,18). The number of anilines is 1. The molecule has 1 amide bonds. The van der Waals surface area contributed by atoms with E-state index in [1.54, 1.807) is 19.1 Å². The lowest BCUT2D eigenvalue weighted by Crippen LogP contribution is -2.24. The van der Waals surface area contributed by atoms with E-state index in [4.69, 9.17) is 0 Å². The lowest BCUT2D eigenvalue weighted by molar-refractivity contribution is -0.116. The molecule has 0 unspecified atom stereocenters. The highest BCUT2D eigenvalue weighted by Crippen LogP contribution is 2.22. The van der Waals surface area contributed by atoms with Gasteiger partial charge in [-0.15, -0.1) is 0 Å². The highest BCUT2D eigenvalue weighted by atomic mass is 32.2. The Morgan fingerprint density at radius 1 is 1.29 bits per heavy atom. The summed E-state index contributed by atoms with van der Waals surface area (Å²) in [7, 11) is -0.552. The van der Waals surface area contributed by atoms with Gasteiger partial charge in [-0.05, 0) is 31.2 Å². The molecule has 6 nitrogen and oxygen atoms in total. The largest absolute Gasteiger partial charge is 0.326 e. The molecule has 0 saturated heterocycles.